The van der Waals surface area contributed by atoms with Gasteiger partial charge in [-0.15, -0.1) is 0 Å². The molecular formula is C136H95N7. The molecule has 0 saturated heterocycles. The summed E-state index contributed by atoms with van der Waals surface area (Å²) < 4.78 is 0. The van der Waals surface area contributed by atoms with E-state index in [1.807, 2.05) is 36.7 Å². The topological polar surface area (TPSA) is 90.2 Å². The van der Waals surface area contributed by atoms with Crippen molar-refractivity contribution >= 4 is 87.1 Å². The summed E-state index contributed by atoms with van der Waals surface area (Å²) in [5, 5.41) is 10.5. The quantitative estimate of drug-likeness (QED) is 0.119. The molecule has 3 aliphatic carbocycles. The second-order valence-corrected chi connectivity index (χ2v) is 39.6. The fourth-order valence-electron chi connectivity index (χ4n) is 23.2. The van der Waals surface area contributed by atoms with E-state index < -0.39 is 0 Å². The summed E-state index contributed by atoms with van der Waals surface area (Å²) in [5.41, 5.74) is 47.0. The summed E-state index contributed by atoms with van der Waals surface area (Å²) in [5.74, 6) is 0. The van der Waals surface area contributed by atoms with E-state index >= 15 is 0 Å². The monoisotopic (exact) mass is 1830 g/mol. The molecule has 0 unspecified atom stereocenters. The first-order chi connectivity index (χ1) is 70.2. The molecule has 28 rings (SSSR count). The predicted molar refractivity (Wildman–Crippen MR) is 596 cm³/mol. The summed E-state index contributed by atoms with van der Waals surface area (Å²) >= 11 is 0. The first-order valence-electron chi connectivity index (χ1n) is 49.4. The SMILES string of the molecule is CC1(C)c2ccccc2-c2nc3ccccc3c(-c3ccc(-c4cccc(-c5cc6ccc(-c7ccccc7)nc6c6nc(-c7ccccc7)ccc56)c4)cc3)c21.CC1(C)c2ccccc2-c2nc3ccccc3c(-c3ccc(-c4cccc(-c5cc6cccnc6c6ncccc56)c4)cc3)c21.CC1(C)c2ccccc2-c2nc3ccccc3c(-c3ccc(-c4cccc(-c5ccc6ccccc6c5)c4)cc3)c21. The maximum Gasteiger partial charge on any atom is 0.0978 e. The van der Waals surface area contributed by atoms with Gasteiger partial charge in [-0.1, -0.05) is 412 Å². The molecule has 674 valence electrons. The number of para-hydroxylation sites is 3. The molecular weight excluding hydrogens is 1730 g/mol. The molecule has 0 N–H and O–H groups in total. The largest absolute Gasteiger partial charge is 0.254 e. The molecule has 7 heterocycles. The van der Waals surface area contributed by atoms with Gasteiger partial charge in [-0.25, -0.2) is 24.9 Å². The molecule has 7 heteroatoms. The highest BCUT2D eigenvalue weighted by atomic mass is 14.8. The van der Waals surface area contributed by atoms with Crippen LogP contribution in [0.5, 0.6) is 0 Å². The van der Waals surface area contributed by atoms with Gasteiger partial charge in [-0.3, -0.25) is 9.97 Å². The van der Waals surface area contributed by atoms with Crippen LogP contribution in [0.3, 0.4) is 0 Å². The van der Waals surface area contributed by atoms with Crippen LogP contribution in [0, 0.1) is 0 Å². The highest BCUT2D eigenvalue weighted by Gasteiger charge is 2.43. The van der Waals surface area contributed by atoms with Gasteiger partial charge in [0.05, 0.1) is 67.1 Å². The van der Waals surface area contributed by atoms with Gasteiger partial charge >= 0.3 is 0 Å². The van der Waals surface area contributed by atoms with Crippen LogP contribution in [0.15, 0.2) is 467 Å². The van der Waals surface area contributed by atoms with Crippen molar-refractivity contribution in [1.29, 1.82) is 0 Å². The maximum atomic E-state index is 5.32. The number of hydrogen-bond acceptors (Lipinski definition) is 7. The van der Waals surface area contributed by atoms with Crippen LogP contribution in [0.4, 0.5) is 0 Å². The van der Waals surface area contributed by atoms with Crippen molar-refractivity contribution in [3.63, 3.8) is 0 Å². The Balaban J connectivity index is 0.000000111. The third kappa shape index (κ3) is 14.6. The van der Waals surface area contributed by atoms with Crippen molar-refractivity contribution in [2.75, 3.05) is 0 Å². The molecule has 0 atom stereocenters. The fourth-order valence-corrected chi connectivity index (χ4v) is 23.2. The number of rotatable bonds is 11. The van der Waals surface area contributed by atoms with Crippen LogP contribution in [-0.2, 0) is 16.2 Å². The van der Waals surface area contributed by atoms with Crippen molar-refractivity contribution in [1.82, 2.24) is 34.9 Å². The van der Waals surface area contributed by atoms with Crippen LogP contribution in [0.1, 0.15) is 74.9 Å². The van der Waals surface area contributed by atoms with Crippen molar-refractivity contribution in [3.05, 3.63) is 501 Å². The van der Waals surface area contributed by atoms with Crippen LogP contribution in [0.25, 0.3) is 244 Å². The molecule has 0 fully saturated rings. The van der Waals surface area contributed by atoms with Gasteiger partial charge in [-0.2, -0.15) is 0 Å². The van der Waals surface area contributed by atoms with Gasteiger partial charge in [-0.05, 0) is 229 Å². The van der Waals surface area contributed by atoms with Gasteiger partial charge in [0.1, 0.15) is 0 Å². The summed E-state index contributed by atoms with van der Waals surface area (Å²) in [7, 11) is 0. The molecule has 0 saturated carbocycles. The Hall–Kier alpha value is -17.9. The number of nitrogens with zero attached hydrogens (tertiary/aromatic N) is 7. The minimum atomic E-state index is -0.177. The lowest BCUT2D eigenvalue weighted by molar-refractivity contribution is 0.661. The second-order valence-electron chi connectivity index (χ2n) is 39.6. The smallest absolute Gasteiger partial charge is 0.0978 e. The van der Waals surface area contributed by atoms with E-state index in [0.717, 1.165) is 128 Å². The summed E-state index contributed by atoms with van der Waals surface area (Å²) in [6, 6.07) is 163. The third-order valence-electron chi connectivity index (χ3n) is 30.2. The summed E-state index contributed by atoms with van der Waals surface area (Å²) in [4.78, 5) is 35.6. The zero-order valence-electron chi connectivity index (χ0n) is 80.1. The minimum absolute atomic E-state index is 0.134. The van der Waals surface area contributed by atoms with Gasteiger partial charge in [0.25, 0.3) is 0 Å². The Morgan fingerprint density at radius 2 is 0.476 bits per heavy atom. The first kappa shape index (κ1) is 85.5. The second kappa shape index (κ2) is 34.3. The number of hydrogen-bond donors (Lipinski definition) is 0. The molecule has 143 heavy (non-hydrogen) atoms. The summed E-state index contributed by atoms with van der Waals surface area (Å²) in [6.07, 6.45) is 3.68. The standard InChI is InChI=1S/C54H37N3.C42H29N3.C40H29N/c1-54(2)45-22-11-9-20-42(45)52-50(54)49(43-21-10-12-23-48(43)57-52)37-26-24-34(25-27-37)38-18-13-19-39(32-38)44-33-40-28-30-46(35-14-5-3-6-15-35)55-51(40)53-41(44)29-31-47(56-53)36-16-7-4-8-17-36;1-42(2)35-16-5-3-13-32(35)40-38(42)37(33-14-4-6-17-36(33)45-40)27-20-18-26(19-21-27)28-10-7-11-29(24-28)34-25-30-12-8-22-43-39(30)41-31(34)15-9-23-44-41;1-40(2)35-16-7-5-14-33(35)39-38(40)37(34-15-6-8-17-36(34)41-39)28-21-18-27(19-22-28)30-12-9-13-31(24-30)32-23-20-26-10-3-4-11-29(26)25-32/h3-33H,1-2H3;3-25H,1-2H3;3-25H,1-2H3. The maximum absolute atomic E-state index is 5.32. The molecule has 0 aliphatic heterocycles. The molecule has 0 spiro atoms. The van der Waals surface area contributed by atoms with Crippen molar-refractivity contribution < 1.29 is 0 Å². The van der Waals surface area contributed by atoms with E-state index in [2.05, 4.69) is 477 Å². The lowest BCUT2D eigenvalue weighted by Crippen LogP contribution is -2.16. The Morgan fingerprint density at radius 1 is 0.168 bits per heavy atom. The Kier molecular flexibility index (Phi) is 20.5. The summed E-state index contributed by atoms with van der Waals surface area (Å²) in [6.45, 7) is 14.0. The van der Waals surface area contributed by atoms with E-state index in [1.54, 1.807) is 0 Å². The molecule has 25 aromatic rings. The first-order valence-corrected chi connectivity index (χ1v) is 49.4. The van der Waals surface area contributed by atoms with Crippen molar-refractivity contribution in [3.8, 4) is 156 Å². The number of benzene rings is 18. The van der Waals surface area contributed by atoms with Crippen LogP contribution < -0.4 is 0 Å². The normalized spacial score (nSPS) is 13.1. The average molecular weight is 1830 g/mol. The number of fused-ring (bicyclic) bond motifs is 19. The van der Waals surface area contributed by atoms with Gasteiger partial charge in [0.2, 0.25) is 0 Å². The number of aromatic nitrogens is 7. The molecule has 0 bridgehead atoms. The lowest BCUT2D eigenvalue weighted by Gasteiger charge is -2.25. The van der Waals surface area contributed by atoms with Crippen molar-refractivity contribution in [2.24, 2.45) is 0 Å². The van der Waals surface area contributed by atoms with E-state index in [4.69, 9.17) is 29.9 Å². The molecule has 0 radical (unpaired) electrons. The third-order valence-corrected chi connectivity index (χ3v) is 30.2. The van der Waals surface area contributed by atoms with Crippen molar-refractivity contribution in [2.45, 2.75) is 57.8 Å². The van der Waals surface area contributed by atoms with Crippen LogP contribution >= 0.6 is 0 Å². The highest BCUT2D eigenvalue weighted by Crippen LogP contribution is 2.58. The predicted octanol–water partition coefficient (Wildman–Crippen LogP) is 35.3. The van der Waals surface area contributed by atoms with Gasteiger partial charge in [0.15, 0.2) is 0 Å². The molecule has 7 aromatic heterocycles. The van der Waals surface area contributed by atoms with E-state index in [9.17, 15) is 0 Å². The number of pyridine rings is 7. The molecule has 0 amide bonds. The average Bonchev–Trinajstić information content (AvgIpc) is 1.56. The Labute approximate surface area is 831 Å². The zero-order chi connectivity index (χ0) is 95.8. The Morgan fingerprint density at radius 3 is 0.937 bits per heavy atom. The van der Waals surface area contributed by atoms with E-state index in [1.165, 1.54) is 149 Å². The van der Waals surface area contributed by atoms with Crippen LogP contribution in [0.2, 0.25) is 0 Å². The molecule has 18 aromatic carbocycles. The van der Waals surface area contributed by atoms with E-state index in [-0.39, 0.29) is 16.2 Å². The fraction of sp³-hybridized carbons (Fsp3) is 0.0662. The highest BCUT2D eigenvalue weighted by molar-refractivity contribution is 6.14. The molecule has 3 aliphatic rings. The zero-order valence-corrected chi connectivity index (χ0v) is 80.1. The van der Waals surface area contributed by atoms with Gasteiger partial charge in [0, 0.05) is 94.2 Å². The minimum Gasteiger partial charge on any atom is -0.254 e. The van der Waals surface area contributed by atoms with Crippen LogP contribution in [-0.4, -0.2) is 34.9 Å². The molecule has 7 nitrogen and oxygen atoms in total. The van der Waals surface area contributed by atoms with E-state index in [0.29, 0.717) is 0 Å². The lowest BCUT2D eigenvalue weighted by atomic mass is 9.78. The van der Waals surface area contributed by atoms with Gasteiger partial charge < -0.3 is 0 Å². The Bertz CT molecular complexity index is 9470.